The summed E-state index contributed by atoms with van der Waals surface area (Å²) in [6.45, 7) is 7.39. The Morgan fingerprint density at radius 1 is 0.724 bits per heavy atom. The van der Waals surface area contributed by atoms with Gasteiger partial charge < -0.3 is 9.47 Å². The van der Waals surface area contributed by atoms with Crippen LogP contribution in [-0.4, -0.2) is 70.7 Å². The molecule has 154 valence electrons. The van der Waals surface area contributed by atoms with Gasteiger partial charge in [0.15, 0.2) is 0 Å². The zero-order chi connectivity index (χ0) is 19.8. The van der Waals surface area contributed by atoms with Crippen LogP contribution in [0.15, 0.2) is 46.2 Å². The van der Waals surface area contributed by atoms with Gasteiger partial charge in [0.1, 0.15) is 24.7 Å². The van der Waals surface area contributed by atoms with E-state index >= 15 is 0 Å². The van der Waals surface area contributed by atoms with Crippen molar-refractivity contribution in [1.82, 2.24) is 9.80 Å². The van der Waals surface area contributed by atoms with E-state index in [1.54, 1.807) is 12.1 Å². The number of ether oxygens (including phenoxy) is 2. The van der Waals surface area contributed by atoms with E-state index < -0.39 is 9.84 Å². The minimum absolute atomic E-state index is 0.326. The van der Waals surface area contributed by atoms with E-state index in [1.165, 1.54) is 12.8 Å². The van der Waals surface area contributed by atoms with Crippen molar-refractivity contribution < 1.29 is 17.9 Å². The lowest BCUT2D eigenvalue weighted by atomic mass is 10.1. The summed E-state index contributed by atoms with van der Waals surface area (Å²) in [6.07, 6.45) is 2.50. The Morgan fingerprint density at radius 2 is 1.17 bits per heavy atom. The van der Waals surface area contributed by atoms with E-state index in [0.717, 1.165) is 50.4 Å². The summed E-state index contributed by atoms with van der Waals surface area (Å²) < 4.78 is 37.9. The van der Waals surface area contributed by atoms with Gasteiger partial charge in [0.2, 0.25) is 9.84 Å². The van der Waals surface area contributed by atoms with Gasteiger partial charge in [-0.3, -0.25) is 9.80 Å². The lowest BCUT2D eigenvalue weighted by Gasteiger charge is -2.30. The molecule has 3 aliphatic heterocycles. The highest BCUT2D eigenvalue weighted by molar-refractivity contribution is 7.92. The van der Waals surface area contributed by atoms with E-state index in [2.05, 4.69) is 9.80 Å². The molecule has 7 heteroatoms. The fourth-order valence-electron chi connectivity index (χ4n) is 3.99. The van der Waals surface area contributed by atoms with Crippen LogP contribution in [0.1, 0.15) is 12.8 Å². The fourth-order valence-corrected chi connectivity index (χ4v) is 5.70. The van der Waals surface area contributed by atoms with Crippen LogP contribution in [0.2, 0.25) is 0 Å². The first-order chi connectivity index (χ1) is 14.1. The molecule has 2 fully saturated rings. The molecule has 0 aliphatic carbocycles. The molecule has 3 heterocycles. The SMILES string of the molecule is O=S1(=O)c2cc(OCCN3CCC3)ccc2-c2ccc(OCCN3CCC3)cc21. The molecule has 0 amide bonds. The van der Waals surface area contributed by atoms with Gasteiger partial charge >= 0.3 is 0 Å². The third kappa shape index (κ3) is 3.63. The second kappa shape index (κ2) is 7.63. The van der Waals surface area contributed by atoms with Crippen LogP contribution in [0.5, 0.6) is 11.5 Å². The second-order valence-electron chi connectivity index (χ2n) is 7.91. The number of benzene rings is 2. The monoisotopic (exact) mass is 414 g/mol. The maximum absolute atomic E-state index is 13.1. The van der Waals surface area contributed by atoms with Crippen LogP contribution in [0.3, 0.4) is 0 Å². The Balaban J connectivity index is 1.30. The van der Waals surface area contributed by atoms with Crippen LogP contribution in [0.4, 0.5) is 0 Å². The number of likely N-dealkylation sites (tertiary alicyclic amines) is 2. The molecule has 0 spiro atoms. The predicted molar refractivity (Wildman–Crippen MR) is 110 cm³/mol. The average molecular weight is 415 g/mol. The van der Waals surface area contributed by atoms with Gasteiger partial charge in [-0.05, 0) is 75.4 Å². The van der Waals surface area contributed by atoms with Crippen molar-refractivity contribution in [3.63, 3.8) is 0 Å². The standard InChI is InChI=1S/C22H26N2O4S/c25-29(26)21-15-17(27-13-11-23-7-1-8-23)3-5-19(21)20-6-4-18(16-22(20)29)28-14-12-24-9-2-10-24/h3-6,15-16H,1-2,7-14H2. The lowest BCUT2D eigenvalue weighted by molar-refractivity contribution is 0.147. The minimum atomic E-state index is -3.56. The summed E-state index contributed by atoms with van der Waals surface area (Å²) in [6, 6.07) is 10.7. The van der Waals surface area contributed by atoms with Crippen LogP contribution in [-0.2, 0) is 9.84 Å². The quantitative estimate of drug-likeness (QED) is 0.565. The van der Waals surface area contributed by atoms with E-state index in [9.17, 15) is 8.42 Å². The smallest absolute Gasteiger partial charge is 0.208 e. The third-order valence-electron chi connectivity index (χ3n) is 6.03. The van der Waals surface area contributed by atoms with Crippen molar-refractivity contribution in [1.29, 1.82) is 0 Å². The molecule has 0 aromatic heterocycles. The molecule has 0 unspecified atom stereocenters. The highest BCUT2D eigenvalue weighted by Gasteiger charge is 2.33. The van der Waals surface area contributed by atoms with E-state index in [4.69, 9.17) is 9.47 Å². The second-order valence-corrected chi connectivity index (χ2v) is 9.79. The van der Waals surface area contributed by atoms with Gasteiger partial charge in [0, 0.05) is 24.2 Å². The number of rotatable bonds is 8. The highest BCUT2D eigenvalue weighted by Crippen LogP contribution is 2.45. The Hall–Kier alpha value is -2.09. The molecule has 0 N–H and O–H groups in total. The molecule has 0 saturated carbocycles. The first-order valence-electron chi connectivity index (χ1n) is 10.4. The Kier molecular flexibility index (Phi) is 4.97. The van der Waals surface area contributed by atoms with Crippen molar-refractivity contribution in [2.45, 2.75) is 22.6 Å². The summed E-state index contributed by atoms with van der Waals surface area (Å²) in [5.41, 5.74) is 1.48. The van der Waals surface area contributed by atoms with Gasteiger partial charge in [0.25, 0.3) is 0 Å². The number of sulfone groups is 1. The van der Waals surface area contributed by atoms with Crippen molar-refractivity contribution in [3.8, 4) is 22.6 Å². The number of hydrogen-bond acceptors (Lipinski definition) is 6. The molecule has 0 radical (unpaired) electrons. The molecule has 2 saturated heterocycles. The Labute approximate surface area is 171 Å². The molecule has 3 aliphatic rings. The van der Waals surface area contributed by atoms with E-state index in [0.29, 0.717) is 34.5 Å². The fraction of sp³-hybridized carbons (Fsp3) is 0.455. The average Bonchev–Trinajstić information content (AvgIpc) is 2.86. The zero-order valence-corrected chi connectivity index (χ0v) is 17.3. The van der Waals surface area contributed by atoms with Gasteiger partial charge in [0.05, 0.1) is 9.79 Å². The zero-order valence-electron chi connectivity index (χ0n) is 16.5. The number of fused-ring (bicyclic) bond motifs is 3. The summed E-state index contributed by atoms with van der Waals surface area (Å²) in [4.78, 5) is 5.30. The van der Waals surface area contributed by atoms with E-state index in [1.807, 2.05) is 24.3 Å². The molecule has 0 atom stereocenters. The number of nitrogens with zero attached hydrogens (tertiary/aromatic N) is 2. The summed E-state index contributed by atoms with van der Waals surface area (Å²) in [5.74, 6) is 1.21. The largest absolute Gasteiger partial charge is 0.492 e. The van der Waals surface area contributed by atoms with Crippen molar-refractivity contribution in [3.05, 3.63) is 36.4 Å². The summed E-state index contributed by atoms with van der Waals surface area (Å²) >= 11 is 0. The van der Waals surface area contributed by atoms with Crippen LogP contribution in [0, 0.1) is 0 Å². The van der Waals surface area contributed by atoms with Crippen LogP contribution >= 0.6 is 0 Å². The normalized spacial score (nSPS) is 19.7. The Bertz CT molecular complexity index is 938. The molecular weight excluding hydrogens is 388 g/mol. The molecule has 2 aromatic carbocycles. The van der Waals surface area contributed by atoms with Crippen LogP contribution in [0.25, 0.3) is 11.1 Å². The van der Waals surface area contributed by atoms with Gasteiger partial charge in [-0.1, -0.05) is 0 Å². The highest BCUT2D eigenvalue weighted by atomic mass is 32.2. The Morgan fingerprint density at radius 3 is 1.55 bits per heavy atom. The minimum Gasteiger partial charge on any atom is -0.492 e. The lowest BCUT2D eigenvalue weighted by Crippen LogP contribution is -2.39. The van der Waals surface area contributed by atoms with Gasteiger partial charge in [-0.25, -0.2) is 8.42 Å². The predicted octanol–water partition coefficient (Wildman–Crippen LogP) is 2.67. The molecular formula is C22H26N2O4S. The van der Waals surface area contributed by atoms with Gasteiger partial charge in [-0.2, -0.15) is 0 Å². The summed E-state index contributed by atoms with van der Waals surface area (Å²) in [7, 11) is -3.56. The molecule has 2 aromatic rings. The maximum Gasteiger partial charge on any atom is 0.208 e. The van der Waals surface area contributed by atoms with Crippen molar-refractivity contribution >= 4 is 9.84 Å². The van der Waals surface area contributed by atoms with Crippen LogP contribution < -0.4 is 9.47 Å². The van der Waals surface area contributed by atoms with E-state index in [-0.39, 0.29) is 0 Å². The molecule has 5 rings (SSSR count). The van der Waals surface area contributed by atoms with Crippen molar-refractivity contribution in [2.75, 3.05) is 52.5 Å². The first kappa shape index (κ1) is 18.9. The topological polar surface area (TPSA) is 59.1 Å². The maximum atomic E-state index is 13.1. The molecule has 29 heavy (non-hydrogen) atoms. The number of hydrogen-bond donors (Lipinski definition) is 0. The molecule has 0 bridgehead atoms. The molecule has 6 nitrogen and oxygen atoms in total. The third-order valence-corrected chi connectivity index (χ3v) is 7.86. The van der Waals surface area contributed by atoms with Gasteiger partial charge in [-0.15, -0.1) is 0 Å². The van der Waals surface area contributed by atoms with Crippen molar-refractivity contribution in [2.24, 2.45) is 0 Å². The first-order valence-corrected chi connectivity index (χ1v) is 11.8. The summed E-state index contributed by atoms with van der Waals surface area (Å²) in [5, 5.41) is 0.